The number of piperidine rings is 1. The molecular weight excluding hydrogens is 361 g/mol. The fraction of sp³-hybridized carbons (Fsp3) is 0.478. The number of benzene rings is 2. The molecule has 0 bridgehead atoms. The predicted molar refractivity (Wildman–Crippen MR) is 108 cm³/mol. The third-order valence-electron chi connectivity index (χ3n) is 6.20. The second-order valence-corrected chi connectivity index (χ2v) is 8.59. The molecule has 0 unspecified atom stereocenters. The minimum Gasteiger partial charge on any atom is -0.493 e. The van der Waals surface area contributed by atoms with Crippen LogP contribution in [-0.4, -0.2) is 31.1 Å². The van der Waals surface area contributed by atoms with Crippen LogP contribution in [0.1, 0.15) is 37.7 Å². The molecule has 1 atom stereocenters. The smallest absolute Gasteiger partial charge is 0.123 e. The van der Waals surface area contributed by atoms with Crippen LogP contribution in [0.2, 0.25) is 5.02 Å². The highest BCUT2D eigenvalue weighted by molar-refractivity contribution is 6.30. The van der Waals surface area contributed by atoms with Crippen LogP contribution in [0.15, 0.2) is 48.5 Å². The maximum absolute atomic E-state index is 13.0. The van der Waals surface area contributed by atoms with Crippen molar-refractivity contribution in [1.82, 2.24) is 4.90 Å². The summed E-state index contributed by atoms with van der Waals surface area (Å²) in [5, 5.41) is 0.809. The summed E-state index contributed by atoms with van der Waals surface area (Å²) in [4.78, 5) is 2.62. The topological polar surface area (TPSA) is 12.5 Å². The Morgan fingerprint density at radius 2 is 1.78 bits per heavy atom. The number of likely N-dealkylation sites (tertiary alicyclic amines) is 1. The van der Waals surface area contributed by atoms with Crippen LogP contribution >= 0.6 is 11.6 Å². The lowest BCUT2D eigenvalue weighted by Gasteiger charge is -2.47. The van der Waals surface area contributed by atoms with Crippen molar-refractivity contribution in [2.45, 2.75) is 37.5 Å². The molecule has 2 aromatic carbocycles. The molecular formula is C23H27ClFNO. The van der Waals surface area contributed by atoms with Crippen molar-refractivity contribution in [3.63, 3.8) is 0 Å². The molecule has 1 heterocycles. The summed E-state index contributed by atoms with van der Waals surface area (Å²) in [5.41, 5.74) is 1.73. The quantitative estimate of drug-likeness (QED) is 0.631. The highest BCUT2D eigenvalue weighted by Crippen LogP contribution is 2.45. The summed E-state index contributed by atoms with van der Waals surface area (Å²) in [6.07, 6.45) is 6.26. The molecule has 0 amide bonds. The van der Waals surface area contributed by atoms with Gasteiger partial charge in [0.15, 0.2) is 0 Å². The van der Waals surface area contributed by atoms with E-state index in [1.54, 1.807) is 12.1 Å². The zero-order valence-electron chi connectivity index (χ0n) is 15.7. The molecule has 2 aromatic rings. The fourth-order valence-electron chi connectivity index (χ4n) is 4.55. The highest BCUT2D eigenvalue weighted by atomic mass is 35.5. The van der Waals surface area contributed by atoms with Crippen molar-refractivity contribution in [2.24, 2.45) is 5.92 Å². The van der Waals surface area contributed by atoms with Crippen molar-refractivity contribution in [3.05, 3.63) is 64.9 Å². The van der Waals surface area contributed by atoms with Gasteiger partial charge in [-0.25, -0.2) is 4.39 Å². The molecule has 1 saturated heterocycles. The Kier molecular flexibility index (Phi) is 5.70. The van der Waals surface area contributed by atoms with Gasteiger partial charge in [-0.3, -0.25) is 0 Å². The number of ether oxygens (including phenoxy) is 1. The van der Waals surface area contributed by atoms with Crippen LogP contribution < -0.4 is 4.74 Å². The van der Waals surface area contributed by atoms with E-state index in [1.807, 2.05) is 12.1 Å². The van der Waals surface area contributed by atoms with Gasteiger partial charge in [0.25, 0.3) is 0 Å². The maximum Gasteiger partial charge on any atom is 0.123 e. The van der Waals surface area contributed by atoms with E-state index in [-0.39, 0.29) is 5.82 Å². The molecule has 0 spiro atoms. The average Bonchev–Trinajstić information content (AvgIpc) is 2.65. The van der Waals surface area contributed by atoms with E-state index in [0.29, 0.717) is 17.9 Å². The Morgan fingerprint density at radius 1 is 1.04 bits per heavy atom. The molecule has 0 radical (unpaired) electrons. The van der Waals surface area contributed by atoms with E-state index >= 15 is 0 Å². The second kappa shape index (κ2) is 8.20. The molecule has 144 valence electrons. The zero-order valence-corrected chi connectivity index (χ0v) is 16.4. The summed E-state index contributed by atoms with van der Waals surface area (Å²) >= 11 is 6.08. The van der Waals surface area contributed by atoms with Crippen LogP contribution in [0.5, 0.6) is 5.75 Å². The second-order valence-electron chi connectivity index (χ2n) is 8.15. The molecule has 4 heteroatoms. The SMILES string of the molecule is Fc1ccc(OC[C@@H]2CCCN(CC3(c4ccc(Cl)cc4)CCC3)C2)cc1. The van der Waals surface area contributed by atoms with Crippen LogP contribution in [0.3, 0.4) is 0 Å². The van der Waals surface area contributed by atoms with Gasteiger partial charge in [-0.15, -0.1) is 0 Å². The van der Waals surface area contributed by atoms with Crippen LogP contribution in [-0.2, 0) is 5.41 Å². The van der Waals surface area contributed by atoms with Crippen molar-refractivity contribution < 1.29 is 9.13 Å². The van der Waals surface area contributed by atoms with Crippen LogP contribution in [0.4, 0.5) is 4.39 Å². The van der Waals surface area contributed by atoms with Gasteiger partial charge in [-0.05, 0) is 74.2 Å². The van der Waals surface area contributed by atoms with E-state index in [1.165, 1.54) is 56.3 Å². The first-order valence-corrected chi connectivity index (χ1v) is 10.4. The van der Waals surface area contributed by atoms with E-state index in [9.17, 15) is 4.39 Å². The van der Waals surface area contributed by atoms with Gasteiger partial charge < -0.3 is 9.64 Å². The fourth-order valence-corrected chi connectivity index (χ4v) is 4.67. The lowest BCUT2D eigenvalue weighted by molar-refractivity contribution is 0.0816. The molecule has 0 aromatic heterocycles. The average molecular weight is 388 g/mol. The summed E-state index contributed by atoms with van der Waals surface area (Å²) in [6.45, 7) is 4.08. The summed E-state index contributed by atoms with van der Waals surface area (Å²) in [5.74, 6) is 1.07. The molecule has 1 aliphatic heterocycles. The number of halogens is 2. The first kappa shape index (κ1) is 18.8. The van der Waals surface area contributed by atoms with Crippen molar-refractivity contribution in [3.8, 4) is 5.75 Å². The zero-order chi connectivity index (χ0) is 18.7. The molecule has 2 nitrogen and oxygen atoms in total. The molecule has 2 fully saturated rings. The molecule has 2 aliphatic rings. The standard InChI is InChI=1S/C23H27ClFNO/c24-20-6-4-19(5-7-20)23(12-2-13-23)17-26-14-1-3-18(15-26)16-27-22-10-8-21(25)9-11-22/h4-11,18H,1-3,12-17H2/t18-/m1/s1. The van der Waals surface area contributed by atoms with Gasteiger partial charge in [0, 0.05) is 29.4 Å². The molecule has 1 aliphatic carbocycles. The largest absolute Gasteiger partial charge is 0.493 e. The molecule has 4 rings (SSSR count). The lowest BCUT2D eigenvalue weighted by Crippen LogP contribution is -2.49. The van der Waals surface area contributed by atoms with Gasteiger partial charge in [0.05, 0.1) is 6.61 Å². The number of nitrogens with zero attached hydrogens (tertiary/aromatic N) is 1. The van der Waals surface area contributed by atoms with Crippen molar-refractivity contribution >= 4 is 11.6 Å². The van der Waals surface area contributed by atoms with Gasteiger partial charge in [-0.1, -0.05) is 30.2 Å². The summed E-state index contributed by atoms with van der Waals surface area (Å²) in [7, 11) is 0. The maximum atomic E-state index is 13.0. The van der Waals surface area contributed by atoms with E-state index in [4.69, 9.17) is 16.3 Å². The van der Waals surface area contributed by atoms with Gasteiger partial charge in [-0.2, -0.15) is 0 Å². The molecule has 0 N–H and O–H groups in total. The Labute approximate surface area is 166 Å². The van der Waals surface area contributed by atoms with Crippen molar-refractivity contribution in [1.29, 1.82) is 0 Å². The number of rotatable bonds is 6. The Morgan fingerprint density at radius 3 is 2.44 bits per heavy atom. The van der Waals surface area contributed by atoms with Crippen LogP contribution in [0, 0.1) is 11.7 Å². The Balaban J connectivity index is 1.35. The normalized spacial score (nSPS) is 22.2. The number of hydrogen-bond acceptors (Lipinski definition) is 2. The third kappa shape index (κ3) is 4.47. The molecule has 1 saturated carbocycles. The van der Waals surface area contributed by atoms with Gasteiger partial charge in [0.1, 0.15) is 11.6 Å². The number of hydrogen-bond donors (Lipinski definition) is 0. The minimum absolute atomic E-state index is 0.223. The van der Waals surface area contributed by atoms with Gasteiger partial charge in [0.2, 0.25) is 0 Å². The van der Waals surface area contributed by atoms with Gasteiger partial charge >= 0.3 is 0 Å². The van der Waals surface area contributed by atoms with E-state index in [0.717, 1.165) is 23.9 Å². The van der Waals surface area contributed by atoms with E-state index < -0.39 is 0 Å². The minimum atomic E-state index is -0.223. The highest BCUT2D eigenvalue weighted by Gasteiger charge is 2.40. The predicted octanol–water partition coefficient (Wildman–Crippen LogP) is 5.69. The first-order chi connectivity index (χ1) is 13.1. The summed E-state index contributed by atoms with van der Waals surface area (Å²) in [6, 6.07) is 14.8. The van der Waals surface area contributed by atoms with Crippen LogP contribution in [0.25, 0.3) is 0 Å². The van der Waals surface area contributed by atoms with Crippen molar-refractivity contribution in [2.75, 3.05) is 26.2 Å². The molecule has 27 heavy (non-hydrogen) atoms. The lowest BCUT2D eigenvalue weighted by atomic mass is 9.64. The Bertz CT molecular complexity index is 742. The van der Waals surface area contributed by atoms with E-state index in [2.05, 4.69) is 17.0 Å². The summed E-state index contributed by atoms with van der Waals surface area (Å²) < 4.78 is 18.9. The monoisotopic (exact) mass is 387 g/mol. The Hall–Kier alpha value is -1.58. The first-order valence-electron chi connectivity index (χ1n) is 10.00. The third-order valence-corrected chi connectivity index (χ3v) is 6.45.